The highest BCUT2D eigenvalue weighted by atomic mass is 79.9. The van der Waals surface area contributed by atoms with Crippen LogP contribution in [0.25, 0.3) is 0 Å². The summed E-state index contributed by atoms with van der Waals surface area (Å²) in [7, 11) is 0. The average Bonchev–Trinajstić information content (AvgIpc) is 2.55. The lowest BCUT2D eigenvalue weighted by molar-refractivity contribution is -0.0264. The van der Waals surface area contributed by atoms with Gasteiger partial charge in [0.2, 0.25) is 0 Å². The molecule has 0 amide bonds. The smallest absolute Gasteiger partial charge is 0.338 e. The molecule has 0 atom stereocenters. The molecule has 0 spiro atoms. The molecule has 1 rings (SSSR count). The summed E-state index contributed by atoms with van der Waals surface area (Å²) >= 11 is 9.28. The lowest BCUT2D eigenvalue weighted by Gasteiger charge is -2.16. The van der Waals surface area contributed by atoms with E-state index in [9.17, 15) is 19.8 Å². The molecule has 1 aromatic carbocycles. The third-order valence-corrected chi connectivity index (χ3v) is 5.25. The molecule has 26 heavy (non-hydrogen) atoms. The minimum Gasteiger partial charge on any atom is -0.478 e. The number of carboxylic acids is 2. The van der Waals surface area contributed by atoms with E-state index >= 15 is 0 Å². The van der Waals surface area contributed by atoms with Crippen LogP contribution < -0.4 is 4.74 Å². The molecule has 2 N–H and O–H groups in total. The van der Waals surface area contributed by atoms with Crippen LogP contribution in [0.5, 0.6) is 5.75 Å². The molecule has 0 fully saturated rings. The van der Waals surface area contributed by atoms with Crippen LogP contribution in [0.4, 0.5) is 0 Å². The summed E-state index contributed by atoms with van der Waals surface area (Å²) in [6.45, 7) is 3.83. The zero-order valence-electron chi connectivity index (χ0n) is 13.7. The summed E-state index contributed by atoms with van der Waals surface area (Å²) in [6, 6.07) is 0. The van der Waals surface area contributed by atoms with E-state index in [2.05, 4.69) is 47.8 Å². The van der Waals surface area contributed by atoms with Crippen LogP contribution in [0.3, 0.4) is 0 Å². The van der Waals surface area contributed by atoms with Gasteiger partial charge >= 0.3 is 11.9 Å². The normalized spacial score (nSPS) is 10.8. The SMILES string of the molecule is CCOCCOCCOCOc1c(Br)c(C(=O)O)c(Br)c(C(=O)O)c1Br. The Labute approximate surface area is 175 Å². The van der Waals surface area contributed by atoms with E-state index in [-0.39, 0.29) is 43.7 Å². The highest BCUT2D eigenvalue weighted by Gasteiger charge is 2.28. The van der Waals surface area contributed by atoms with Gasteiger partial charge in [0, 0.05) is 11.1 Å². The number of halogens is 3. The zero-order valence-corrected chi connectivity index (χ0v) is 18.5. The zero-order chi connectivity index (χ0) is 19.7. The largest absolute Gasteiger partial charge is 0.478 e. The molecule has 0 unspecified atom stereocenters. The van der Waals surface area contributed by atoms with Crippen molar-refractivity contribution in [1.82, 2.24) is 0 Å². The summed E-state index contributed by atoms with van der Waals surface area (Å²) < 4.78 is 21.1. The van der Waals surface area contributed by atoms with Crippen LogP contribution in [0.15, 0.2) is 13.4 Å². The van der Waals surface area contributed by atoms with E-state index in [0.29, 0.717) is 26.4 Å². The third-order valence-electron chi connectivity index (χ3n) is 2.94. The standard InChI is InChI=1S/C15H17Br3O8/c1-2-23-3-4-24-5-6-25-7-26-13-11(17)8(14(19)20)10(16)9(12(13)18)15(21)22/h2-7H2,1H3,(H,19,20)(H,21,22). The van der Waals surface area contributed by atoms with Crippen molar-refractivity contribution < 1.29 is 38.7 Å². The van der Waals surface area contributed by atoms with E-state index in [0.717, 1.165) is 0 Å². The maximum Gasteiger partial charge on any atom is 0.338 e. The Hall–Kier alpha value is -0.720. The predicted molar refractivity (Wildman–Crippen MR) is 102 cm³/mol. The second-order valence-corrected chi connectivity index (χ2v) is 6.99. The first kappa shape index (κ1) is 23.3. The minimum absolute atomic E-state index is 0.0141. The number of rotatable bonds is 12. The maximum absolute atomic E-state index is 11.4. The molecule has 8 nitrogen and oxygen atoms in total. The minimum atomic E-state index is -1.31. The van der Waals surface area contributed by atoms with Crippen LogP contribution >= 0.6 is 47.8 Å². The van der Waals surface area contributed by atoms with Crippen LogP contribution in [-0.2, 0) is 14.2 Å². The number of benzene rings is 1. The molecule has 0 aliphatic carbocycles. The molecule has 11 heteroatoms. The van der Waals surface area contributed by atoms with E-state index in [4.69, 9.17) is 18.9 Å². The van der Waals surface area contributed by atoms with Gasteiger partial charge in [-0.2, -0.15) is 0 Å². The highest BCUT2D eigenvalue weighted by molar-refractivity contribution is 9.11. The number of carboxylic acid groups (broad SMARTS) is 2. The Kier molecular flexibility index (Phi) is 10.7. The topological polar surface area (TPSA) is 112 Å². The Balaban J connectivity index is 2.72. The van der Waals surface area contributed by atoms with Gasteiger partial charge in [0.25, 0.3) is 0 Å². The van der Waals surface area contributed by atoms with E-state index in [1.807, 2.05) is 6.92 Å². The quantitative estimate of drug-likeness (QED) is 0.291. The number of carbonyl (C=O) groups is 2. The lowest BCUT2D eigenvalue weighted by Crippen LogP contribution is -2.14. The number of ether oxygens (including phenoxy) is 4. The molecular formula is C15H17Br3O8. The Morgan fingerprint density at radius 3 is 1.73 bits per heavy atom. The number of hydrogen-bond donors (Lipinski definition) is 2. The van der Waals surface area contributed by atoms with Crippen LogP contribution in [-0.4, -0.2) is 62.0 Å². The molecule has 0 heterocycles. The van der Waals surface area contributed by atoms with Crippen molar-refractivity contribution >= 4 is 59.7 Å². The second-order valence-electron chi connectivity index (χ2n) is 4.61. The molecule has 0 saturated carbocycles. The number of aromatic carboxylic acids is 2. The predicted octanol–water partition coefficient (Wildman–Crippen LogP) is 3.78. The van der Waals surface area contributed by atoms with Crippen molar-refractivity contribution in [3.63, 3.8) is 0 Å². The van der Waals surface area contributed by atoms with Crippen LogP contribution in [0.1, 0.15) is 27.6 Å². The summed E-state index contributed by atoms with van der Waals surface area (Å²) in [6.07, 6.45) is 0. The first-order chi connectivity index (χ1) is 12.3. The van der Waals surface area contributed by atoms with Crippen LogP contribution in [0, 0.1) is 0 Å². The molecule has 0 saturated heterocycles. The highest BCUT2D eigenvalue weighted by Crippen LogP contribution is 2.43. The van der Waals surface area contributed by atoms with E-state index in [1.165, 1.54) is 0 Å². The van der Waals surface area contributed by atoms with E-state index in [1.54, 1.807) is 0 Å². The summed E-state index contributed by atoms with van der Waals surface area (Å²) in [5, 5.41) is 18.6. The van der Waals surface area contributed by atoms with Crippen molar-refractivity contribution in [2.24, 2.45) is 0 Å². The van der Waals surface area contributed by atoms with Crippen LogP contribution in [0.2, 0.25) is 0 Å². The average molecular weight is 565 g/mol. The Morgan fingerprint density at radius 2 is 1.27 bits per heavy atom. The van der Waals surface area contributed by atoms with Gasteiger partial charge in [0.1, 0.15) is 0 Å². The van der Waals surface area contributed by atoms with Gasteiger partial charge in [-0.3, -0.25) is 0 Å². The molecule has 0 radical (unpaired) electrons. The Bertz CT molecular complexity index is 609. The van der Waals surface area contributed by atoms with Gasteiger partial charge in [-0.1, -0.05) is 0 Å². The fourth-order valence-corrected chi connectivity index (χ4v) is 4.68. The number of hydrogen-bond acceptors (Lipinski definition) is 6. The van der Waals surface area contributed by atoms with Crippen molar-refractivity contribution in [1.29, 1.82) is 0 Å². The lowest BCUT2D eigenvalue weighted by atomic mass is 10.1. The van der Waals surface area contributed by atoms with Gasteiger partial charge in [-0.05, 0) is 54.7 Å². The van der Waals surface area contributed by atoms with Gasteiger partial charge < -0.3 is 29.2 Å². The molecule has 0 bridgehead atoms. The molecule has 0 aliphatic rings. The van der Waals surface area contributed by atoms with Gasteiger partial charge in [-0.15, -0.1) is 0 Å². The molecule has 1 aromatic rings. The maximum atomic E-state index is 11.4. The summed E-state index contributed by atoms with van der Waals surface area (Å²) in [5.41, 5.74) is -0.528. The molecule has 0 aromatic heterocycles. The van der Waals surface area contributed by atoms with Gasteiger partial charge in [0.05, 0.1) is 46.5 Å². The van der Waals surface area contributed by atoms with Gasteiger partial charge in [-0.25, -0.2) is 9.59 Å². The first-order valence-corrected chi connectivity index (χ1v) is 9.73. The van der Waals surface area contributed by atoms with Crippen molar-refractivity contribution in [2.75, 3.05) is 39.8 Å². The fourth-order valence-electron chi connectivity index (χ4n) is 1.78. The Morgan fingerprint density at radius 1 is 0.808 bits per heavy atom. The van der Waals surface area contributed by atoms with Crippen molar-refractivity contribution in [2.45, 2.75) is 6.92 Å². The molecular weight excluding hydrogens is 548 g/mol. The van der Waals surface area contributed by atoms with Gasteiger partial charge in [0.15, 0.2) is 12.5 Å². The van der Waals surface area contributed by atoms with E-state index < -0.39 is 11.9 Å². The second kappa shape index (κ2) is 11.9. The first-order valence-electron chi connectivity index (χ1n) is 7.35. The monoisotopic (exact) mass is 562 g/mol. The third kappa shape index (κ3) is 6.46. The summed E-state index contributed by atoms with van der Waals surface area (Å²) in [4.78, 5) is 22.8. The molecule has 146 valence electrons. The van der Waals surface area contributed by atoms with Crippen molar-refractivity contribution in [3.05, 3.63) is 24.5 Å². The van der Waals surface area contributed by atoms with Crippen molar-refractivity contribution in [3.8, 4) is 5.75 Å². The summed E-state index contributed by atoms with van der Waals surface area (Å²) in [5.74, 6) is -2.61. The molecule has 0 aliphatic heterocycles. The fraction of sp³-hybridized carbons (Fsp3) is 0.467.